The molecule has 3 N–H and O–H groups in total. The first-order chi connectivity index (χ1) is 32.5. The van der Waals surface area contributed by atoms with Gasteiger partial charge in [-0.15, -0.1) is 11.3 Å². The number of aromatic nitrogens is 7. The predicted molar refractivity (Wildman–Crippen MR) is 244 cm³/mol. The van der Waals surface area contributed by atoms with Crippen LogP contribution in [0, 0.1) is 5.82 Å². The number of piperidine rings is 1. The Balaban J connectivity index is 0.709. The van der Waals surface area contributed by atoms with E-state index >= 15 is 13.2 Å². The molecule has 0 bridgehead atoms. The fourth-order valence-corrected chi connectivity index (χ4v) is 10.4. The van der Waals surface area contributed by atoms with Crippen molar-refractivity contribution < 1.29 is 32.3 Å². The van der Waals surface area contributed by atoms with Gasteiger partial charge in [-0.2, -0.15) is 10.2 Å². The minimum atomic E-state index is -3.10. The summed E-state index contributed by atoms with van der Waals surface area (Å²) in [5.41, 5.74) is 5.21. The number of amides is 5. The van der Waals surface area contributed by atoms with E-state index in [1.165, 1.54) is 31.9 Å². The number of urea groups is 1. The monoisotopic (exact) mass is 931 g/mol. The van der Waals surface area contributed by atoms with Crippen molar-refractivity contribution in [2.45, 2.75) is 50.1 Å². The third kappa shape index (κ3) is 8.04. The first kappa shape index (κ1) is 42.5. The quantitative estimate of drug-likeness (QED) is 0.152. The average molecular weight is 932 g/mol. The highest BCUT2D eigenvalue weighted by Gasteiger charge is 2.46. The topological polar surface area (TPSA) is 183 Å². The number of hydrogen-bond donors (Lipinski definition) is 3. The standard InChI is InChI=1S/C46H44F3N13O4S/c47-34-20-29(22-36-32(34)23-62(56-36)41(43(65)53-44-50-11-19-67-44)40-37-2-1-12-60(37)26-51-40)27-3-6-30(7-4-27)58-15-17-59(18-16-58)39(64)24-57-13-9-33(46(48,49)25-57)28-5-8-31-35(21-28)54-55-42(31)61-14-10-38(63)52-45(61)66/h3-8,11,19-23,26,33,41H,1-2,9-10,12-18,24-25H2,(H,54,55)(H,50,53,65)(H,52,63,66). The third-order valence-electron chi connectivity index (χ3n) is 13.3. The molecule has 21 heteroatoms. The average Bonchev–Trinajstić information content (AvgIpc) is 4.18. The summed E-state index contributed by atoms with van der Waals surface area (Å²) in [5, 5.41) is 20.1. The summed E-state index contributed by atoms with van der Waals surface area (Å²) < 4.78 is 51.0. The number of carbonyl (C=O) groups excluding carboxylic acids is 4. The lowest BCUT2D eigenvalue weighted by atomic mass is 9.85. The number of thiazole rings is 1. The molecule has 3 fully saturated rings. The van der Waals surface area contributed by atoms with Crippen LogP contribution in [0.4, 0.5) is 34.6 Å². The van der Waals surface area contributed by atoms with Gasteiger partial charge in [0.05, 0.1) is 47.4 Å². The summed E-state index contributed by atoms with van der Waals surface area (Å²) in [7, 11) is 0. The Morgan fingerprint density at radius 1 is 0.925 bits per heavy atom. The Labute approximate surface area is 384 Å². The van der Waals surface area contributed by atoms with E-state index in [0.29, 0.717) is 76.9 Å². The second-order valence-electron chi connectivity index (χ2n) is 17.4. The van der Waals surface area contributed by atoms with E-state index in [4.69, 9.17) is 5.10 Å². The maximum absolute atomic E-state index is 15.9. The molecule has 4 aliphatic heterocycles. The van der Waals surface area contributed by atoms with Gasteiger partial charge in [0.2, 0.25) is 11.8 Å². The molecule has 67 heavy (non-hydrogen) atoms. The molecule has 4 aromatic heterocycles. The van der Waals surface area contributed by atoms with E-state index in [1.54, 1.807) is 53.3 Å². The Bertz CT molecular complexity index is 3050. The Morgan fingerprint density at radius 3 is 2.54 bits per heavy atom. The van der Waals surface area contributed by atoms with Crippen molar-refractivity contribution in [2.75, 3.05) is 67.5 Å². The van der Waals surface area contributed by atoms with Gasteiger partial charge in [-0.05, 0) is 78.9 Å². The van der Waals surface area contributed by atoms with E-state index in [0.717, 1.165) is 36.3 Å². The molecule has 0 spiro atoms. The molecule has 17 nitrogen and oxygen atoms in total. The predicted octanol–water partition coefficient (Wildman–Crippen LogP) is 5.77. The molecule has 2 unspecified atom stereocenters. The first-order valence-corrected chi connectivity index (χ1v) is 23.1. The maximum Gasteiger partial charge on any atom is 0.329 e. The highest BCUT2D eigenvalue weighted by Crippen LogP contribution is 2.42. The number of fused-ring (bicyclic) bond motifs is 3. The minimum absolute atomic E-state index is 0.106. The number of imide groups is 1. The zero-order valence-corrected chi connectivity index (χ0v) is 36.8. The lowest BCUT2D eigenvalue weighted by Gasteiger charge is -2.40. The molecule has 0 saturated carbocycles. The second-order valence-corrected chi connectivity index (χ2v) is 18.3. The van der Waals surface area contributed by atoms with Crippen LogP contribution in [0.15, 0.2) is 78.7 Å². The van der Waals surface area contributed by atoms with E-state index in [9.17, 15) is 19.2 Å². The molecule has 11 rings (SSSR count). The number of benzene rings is 3. The summed E-state index contributed by atoms with van der Waals surface area (Å²) in [6.07, 6.45) is 6.90. The number of hydrogen-bond acceptors (Lipinski definition) is 11. The SMILES string of the molecule is O=C1CCN(c2n[nH]c3cc(C4CCN(CC(=O)N5CCN(c6ccc(-c7cc(F)c8cn(C(C(=O)Nc9nccs9)c9ncn%10c9CCC%10)nc8c7)cc6)CC5)CC4(F)F)ccc23)C(=O)N1. The van der Waals surface area contributed by atoms with Gasteiger partial charge in [0, 0.05) is 80.2 Å². The molecule has 344 valence electrons. The van der Waals surface area contributed by atoms with E-state index in [-0.39, 0.29) is 49.0 Å². The van der Waals surface area contributed by atoms with Gasteiger partial charge in [0.15, 0.2) is 17.0 Å². The van der Waals surface area contributed by atoms with Gasteiger partial charge in [-0.3, -0.25) is 44.6 Å². The smallest absolute Gasteiger partial charge is 0.329 e. The molecule has 8 heterocycles. The molecule has 2 atom stereocenters. The third-order valence-corrected chi connectivity index (χ3v) is 14.0. The molecule has 4 aliphatic rings. The van der Waals surface area contributed by atoms with Crippen molar-refractivity contribution in [3.63, 3.8) is 0 Å². The molecular weight excluding hydrogens is 888 g/mol. The van der Waals surface area contributed by atoms with Gasteiger partial charge >= 0.3 is 6.03 Å². The number of imidazole rings is 1. The number of H-pyrrole nitrogens is 1. The van der Waals surface area contributed by atoms with Crippen LogP contribution in [-0.2, 0) is 27.3 Å². The van der Waals surface area contributed by atoms with Crippen molar-refractivity contribution in [1.29, 1.82) is 0 Å². The first-order valence-electron chi connectivity index (χ1n) is 22.2. The van der Waals surface area contributed by atoms with Crippen molar-refractivity contribution in [1.82, 2.24) is 49.6 Å². The van der Waals surface area contributed by atoms with Crippen LogP contribution in [0.5, 0.6) is 0 Å². The number of nitrogens with zero attached hydrogens (tertiary/aromatic N) is 10. The molecular formula is C46H44F3N13O4S. The Kier molecular flexibility index (Phi) is 10.7. The summed E-state index contributed by atoms with van der Waals surface area (Å²) in [6, 6.07) is 14.4. The Morgan fingerprint density at radius 2 is 1.76 bits per heavy atom. The van der Waals surface area contributed by atoms with Crippen molar-refractivity contribution in [3.8, 4) is 11.1 Å². The van der Waals surface area contributed by atoms with Crippen molar-refractivity contribution in [3.05, 3.63) is 101 Å². The molecule has 5 amide bonds. The van der Waals surface area contributed by atoms with E-state index < -0.39 is 36.3 Å². The number of halogens is 3. The van der Waals surface area contributed by atoms with E-state index in [2.05, 4.69) is 35.7 Å². The Hall–Kier alpha value is -7.13. The van der Waals surface area contributed by atoms with E-state index in [1.807, 2.05) is 28.8 Å². The normalized spacial score (nSPS) is 19.3. The molecule has 3 aromatic carbocycles. The fourth-order valence-electron chi connectivity index (χ4n) is 9.90. The van der Waals surface area contributed by atoms with Gasteiger partial charge in [0.1, 0.15) is 5.82 Å². The summed E-state index contributed by atoms with van der Waals surface area (Å²) >= 11 is 1.30. The number of aromatic amines is 1. The second kappa shape index (κ2) is 16.9. The summed E-state index contributed by atoms with van der Waals surface area (Å²) in [6.45, 7) is 2.62. The molecule has 3 saturated heterocycles. The summed E-state index contributed by atoms with van der Waals surface area (Å²) in [4.78, 5) is 66.8. The fraction of sp³-hybridized carbons (Fsp3) is 0.348. The van der Waals surface area contributed by atoms with Gasteiger partial charge in [0.25, 0.3) is 11.8 Å². The van der Waals surface area contributed by atoms with Crippen LogP contribution < -0.4 is 20.4 Å². The number of rotatable bonds is 10. The zero-order chi connectivity index (χ0) is 46.0. The number of carbonyl (C=O) groups is 4. The van der Waals surface area contributed by atoms with Gasteiger partial charge in [-0.1, -0.05) is 18.2 Å². The van der Waals surface area contributed by atoms with Crippen molar-refractivity contribution >= 4 is 73.5 Å². The molecule has 7 aromatic rings. The zero-order valence-electron chi connectivity index (χ0n) is 36.0. The number of piperazine rings is 1. The van der Waals surface area contributed by atoms with Crippen LogP contribution >= 0.6 is 11.3 Å². The highest BCUT2D eigenvalue weighted by atomic mass is 32.1. The summed E-state index contributed by atoms with van der Waals surface area (Å²) in [5.74, 6) is -5.24. The van der Waals surface area contributed by atoms with Gasteiger partial charge in [-0.25, -0.2) is 27.9 Å². The number of alkyl halides is 2. The maximum atomic E-state index is 15.9. The largest absolute Gasteiger partial charge is 0.368 e. The van der Waals surface area contributed by atoms with Crippen LogP contribution in [0.2, 0.25) is 0 Å². The minimum Gasteiger partial charge on any atom is -0.368 e. The lowest BCUT2D eigenvalue weighted by Crippen LogP contribution is -2.54. The molecule has 0 radical (unpaired) electrons. The van der Waals surface area contributed by atoms with Gasteiger partial charge < -0.3 is 14.4 Å². The number of aryl methyl sites for hydroxylation is 1. The number of anilines is 3. The van der Waals surface area contributed by atoms with Crippen LogP contribution in [0.3, 0.4) is 0 Å². The highest BCUT2D eigenvalue weighted by molar-refractivity contribution is 7.13. The lowest BCUT2D eigenvalue weighted by molar-refractivity contribution is -0.136. The van der Waals surface area contributed by atoms with Crippen LogP contribution in [-0.4, -0.2) is 126 Å². The van der Waals surface area contributed by atoms with Crippen LogP contribution in [0.1, 0.15) is 48.2 Å². The van der Waals surface area contributed by atoms with Crippen LogP contribution in [0.25, 0.3) is 32.9 Å². The van der Waals surface area contributed by atoms with Crippen molar-refractivity contribution in [2.24, 2.45) is 0 Å². The number of likely N-dealkylation sites (tertiary alicyclic amines) is 1. The molecule has 0 aliphatic carbocycles. The number of nitrogens with one attached hydrogen (secondary N) is 3.